The smallest absolute Gasteiger partial charge is 0.319 e. The summed E-state index contributed by atoms with van der Waals surface area (Å²) in [4.78, 5) is 26.9. The summed E-state index contributed by atoms with van der Waals surface area (Å²) in [7, 11) is 0. The Hall–Kier alpha value is -1.26. The number of aliphatic carboxylic acids is 1. The molecule has 1 N–H and O–H groups in total. The van der Waals surface area contributed by atoms with Crippen LogP contribution in [0, 0.1) is 5.41 Å². The predicted molar refractivity (Wildman–Crippen MR) is 62.8 cm³/mol. The molecular formula is C12H20N2O3. The molecule has 2 fully saturated rings. The molecule has 96 valence electrons. The van der Waals surface area contributed by atoms with Gasteiger partial charge in [0.1, 0.15) is 0 Å². The van der Waals surface area contributed by atoms with Crippen molar-refractivity contribution >= 4 is 12.0 Å². The van der Waals surface area contributed by atoms with E-state index in [-0.39, 0.29) is 6.03 Å². The maximum atomic E-state index is 12.1. The molecule has 0 spiro atoms. The fraction of sp³-hybridized carbons (Fsp3) is 0.833. The fourth-order valence-electron chi connectivity index (χ4n) is 2.51. The highest BCUT2D eigenvalue weighted by Gasteiger charge is 2.39. The van der Waals surface area contributed by atoms with Gasteiger partial charge in [-0.1, -0.05) is 0 Å². The zero-order valence-corrected chi connectivity index (χ0v) is 10.3. The Balaban J connectivity index is 1.90. The Morgan fingerprint density at radius 1 is 1.00 bits per heavy atom. The van der Waals surface area contributed by atoms with E-state index in [0.717, 1.165) is 25.9 Å². The van der Waals surface area contributed by atoms with Crippen LogP contribution in [0.2, 0.25) is 0 Å². The average molecular weight is 240 g/mol. The number of piperidine rings is 1. The third kappa shape index (κ3) is 2.37. The van der Waals surface area contributed by atoms with Gasteiger partial charge in [-0.2, -0.15) is 0 Å². The SMILES string of the molecule is CC1(C(=O)O)CCN(C(=O)N2CCCC2)CC1. The van der Waals surface area contributed by atoms with Gasteiger partial charge in [-0.15, -0.1) is 0 Å². The van der Waals surface area contributed by atoms with Gasteiger partial charge in [0.15, 0.2) is 0 Å². The lowest BCUT2D eigenvalue weighted by atomic mass is 9.80. The molecule has 5 heteroatoms. The maximum Gasteiger partial charge on any atom is 0.319 e. The van der Waals surface area contributed by atoms with E-state index in [9.17, 15) is 9.59 Å². The second-order valence-corrected chi connectivity index (χ2v) is 5.33. The summed E-state index contributed by atoms with van der Waals surface area (Å²) in [5.74, 6) is -0.745. The van der Waals surface area contributed by atoms with Crippen LogP contribution in [-0.2, 0) is 4.79 Å². The monoisotopic (exact) mass is 240 g/mol. The molecule has 0 aromatic carbocycles. The zero-order valence-electron chi connectivity index (χ0n) is 10.3. The Bertz CT molecular complexity index is 316. The Labute approximate surface area is 101 Å². The van der Waals surface area contributed by atoms with Crippen molar-refractivity contribution in [1.82, 2.24) is 9.80 Å². The minimum atomic E-state index is -0.745. The van der Waals surface area contributed by atoms with Gasteiger partial charge in [-0.25, -0.2) is 4.79 Å². The molecule has 0 aliphatic carbocycles. The zero-order chi connectivity index (χ0) is 12.5. The lowest BCUT2D eigenvalue weighted by Crippen LogP contribution is -2.49. The van der Waals surface area contributed by atoms with Crippen molar-refractivity contribution < 1.29 is 14.7 Å². The van der Waals surface area contributed by atoms with Crippen LogP contribution in [0.15, 0.2) is 0 Å². The number of rotatable bonds is 1. The van der Waals surface area contributed by atoms with Gasteiger partial charge < -0.3 is 14.9 Å². The van der Waals surface area contributed by atoms with Gasteiger partial charge in [-0.3, -0.25) is 4.79 Å². The van der Waals surface area contributed by atoms with E-state index in [1.807, 2.05) is 4.90 Å². The first kappa shape index (κ1) is 12.2. The second kappa shape index (κ2) is 4.55. The van der Waals surface area contributed by atoms with Crippen LogP contribution in [-0.4, -0.2) is 53.1 Å². The van der Waals surface area contributed by atoms with E-state index >= 15 is 0 Å². The molecule has 0 atom stereocenters. The lowest BCUT2D eigenvalue weighted by molar-refractivity contribution is -0.150. The van der Waals surface area contributed by atoms with E-state index in [1.165, 1.54) is 0 Å². The van der Waals surface area contributed by atoms with E-state index in [1.54, 1.807) is 11.8 Å². The van der Waals surface area contributed by atoms with Crippen LogP contribution in [0.4, 0.5) is 4.79 Å². The highest BCUT2D eigenvalue weighted by molar-refractivity contribution is 5.77. The van der Waals surface area contributed by atoms with Crippen LogP contribution in [0.3, 0.4) is 0 Å². The van der Waals surface area contributed by atoms with Crippen molar-refractivity contribution in [3.63, 3.8) is 0 Å². The molecule has 0 radical (unpaired) electrons. The number of urea groups is 1. The number of amides is 2. The highest BCUT2D eigenvalue weighted by Crippen LogP contribution is 2.31. The Morgan fingerprint density at radius 3 is 1.94 bits per heavy atom. The molecular weight excluding hydrogens is 220 g/mol. The number of nitrogens with zero attached hydrogens (tertiary/aromatic N) is 2. The van der Waals surface area contributed by atoms with E-state index < -0.39 is 11.4 Å². The van der Waals surface area contributed by atoms with Crippen molar-refractivity contribution in [1.29, 1.82) is 0 Å². The van der Waals surface area contributed by atoms with Gasteiger partial charge in [-0.05, 0) is 32.6 Å². The first-order valence-corrected chi connectivity index (χ1v) is 6.30. The number of carboxylic acids is 1. The summed E-state index contributed by atoms with van der Waals surface area (Å²) in [6.45, 7) is 4.61. The predicted octanol–water partition coefficient (Wildman–Crippen LogP) is 1.39. The Morgan fingerprint density at radius 2 is 1.47 bits per heavy atom. The van der Waals surface area contributed by atoms with E-state index in [2.05, 4.69) is 0 Å². The van der Waals surface area contributed by atoms with Crippen molar-refractivity contribution in [2.75, 3.05) is 26.2 Å². The molecule has 2 aliphatic rings. The van der Waals surface area contributed by atoms with Gasteiger partial charge >= 0.3 is 12.0 Å². The molecule has 17 heavy (non-hydrogen) atoms. The number of hydrogen-bond acceptors (Lipinski definition) is 2. The summed E-state index contributed by atoms with van der Waals surface area (Å²) in [5.41, 5.74) is -0.651. The van der Waals surface area contributed by atoms with Gasteiger partial charge in [0.05, 0.1) is 5.41 Å². The highest BCUT2D eigenvalue weighted by atomic mass is 16.4. The fourth-order valence-corrected chi connectivity index (χ4v) is 2.51. The van der Waals surface area contributed by atoms with Crippen molar-refractivity contribution in [2.24, 2.45) is 5.41 Å². The van der Waals surface area contributed by atoms with Gasteiger partial charge in [0, 0.05) is 26.2 Å². The molecule has 0 aromatic heterocycles. The van der Waals surface area contributed by atoms with Crippen LogP contribution >= 0.6 is 0 Å². The van der Waals surface area contributed by atoms with Gasteiger partial charge in [0.25, 0.3) is 0 Å². The Kier molecular flexibility index (Phi) is 3.26. The van der Waals surface area contributed by atoms with Crippen LogP contribution in [0.25, 0.3) is 0 Å². The van der Waals surface area contributed by atoms with Gasteiger partial charge in [0.2, 0.25) is 0 Å². The molecule has 2 aliphatic heterocycles. The molecule has 2 amide bonds. The minimum Gasteiger partial charge on any atom is -0.481 e. The van der Waals surface area contributed by atoms with E-state index in [4.69, 9.17) is 5.11 Å². The summed E-state index contributed by atoms with van der Waals surface area (Å²) in [6, 6.07) is 0.0925. The summed E-state index contributed by atoms with van der Waals surface area (Å²) in [5, 5.41) is 9.12. The number of likely N-dealkylation sites (tertiary alicyclic amines) is 2. The van der Waals surface area contributed by atoms with Crippen LogP contribution in [0.5, 0.6) is 0 Å². The second-order valence-electron chi connectivity index (χ2n) is 5.33. The third-order valence-corrected chi connectivity index (χ3v) is 4.03. The van der Waals surface area contributed by atoms with Crippen molar-refractivity contribution in [2.45, 2.75) is 32.6 Å². The molecule has 0 bridgehead atoms. The molecule has 2 saturated heterocycles. The molecule has 5 nitrogen and oxygen atoms in total. The van der Waals surface area contributed by atoms with Crippen LogP contribution in [0.1, 0.15) is 32.6 Å². The molecule has 0 aromatic rings. The normalized spacial score (nSPS) is 23.8. The molecule has 0 unspecified atom stereocenters. The standard InChI is InChI=1S/C12H20N2O3/c1-12(10(15)16)4-8-14(9-5-12)11(17)13-6-2-3-7-13/h2-9H2,1H3,(H,15,16). The van der Waals surface area contributed by atoms with E-state index in [0.29, 0.717) is 25.9 Å². The first-order valence-electron chi connectivity index (χ1n) is 6.30. The number of carbonyl (C=O) groups is 2. The third-order valence-electron chi connectivity index (χ3n) is 4.03. The maximum absolute atomic E-state index is 12.1. The lowest BCUT2D eigenvalue weighted by Gasteiger charge is -2.38. The summed E-state index contributed by atoms with van der Waals surface area (Å²) >= 11 is 0. The molecule has 2 heterocycles. The molecule has 0 saturated carbocycles. The number of carbonyl (C=O) groups excluding carboxylic acids is 1. The van der Waals surface area contributed by atoms with Crippen molar-refractivity contribution in [3.05, 3.63) is 0 Å². The topological polar surface area (TPSA) is 60.9 Å². The quantitative estimate of drug-likeness (QED) is 0.753. The number of hydrogen-bond donors (Lipinski definition) is 1. The largest absolute Gasteiger partial charge is 0.481 e. The molecule has 2 rings (SSSR count). The van der Waals surface area contributed by atoms with Crippen molar-refractivity contribution in [3.8, 4) is 0 Å². The first-order chi connectivity index (χ1) is 8.03. The summed E-state index contributed by atoms with van der Waals surface area (Å²) < 4.78 is 0. The minimum absolute atomic E-state index is 0.0925. The average Bonchev–Trinajstić information content (AvgIpc) is 2.82. The van der Waals surface area contributed by atoms with Crippen LogP contribution < -0.4 is 0 Å². The number of carboxylic acid groups (broad SMARTS) is 1. The summed E-state index contributed by atoms with van der Waals surface area (Å²) in [6.07, 6.45) is 3.29.